The van der Waals surface area contributed by atoms with E-state index in [1.165, 1.54) is 12.1 Å². The fourth-order valence-electron chi connectivity index (χ4n) is 8.45. The second kappa shape index (κ2) is 13.4. The maximum absolute atomic E-state index is 14.9. The second-order valence-electron chi connectivity index (χ2n) is 14.2. The van der Waals surface area contributed by atoms with E-state index < -0.39 is 11.7 Å². The van der Waals surface area contributed by atoms with Gasteiger partial charge in [0.1, 0.15) is 0 Å². The van der Waals surface area contributed by atoms with Gasteiger partial charge in [-0.2, -0.15) is 13.2 Å². The lowest BCUT2D eigenvalue weighted by atomic mass is 9.94. The van der Waals surface area contributed by atoms with Crippen molar-refractivity contribution in [2.24, 2.45) is 0 Å². The van der Waals surface area contributed by atoms with Gasteiger partial charge in [0.05, 0.1) is 52.1 Å². The van der Waals surface area contributed by atoms with Crippen molar-refractivity contribution in [3.8, 4) is 44.8 Å². The van der Waals surface area contributed by atoms with Crippen LogP contribution in [-0.4, -0.2) is 9.13 Å². The number of alkyl halides is 3. The molecule has 0 amide bonds. The van der Waals surface area contributed by atoms with E-state index in [1.807, 2.05) is 72.8 Å². The minimum Gasteiger partial charge on any atom is -0.308 e. The first-order chi connectivity index (χ1) is 28.3. The predicted molar refractivity (Wildman–Crippen MR) is 229 cm³/mol. The minimum absolute atomic E-state index is 0.000632. The fraction of sp³-hybridized carbons (Fsp3) is 0.0196. The first-order valence-electron chi connectivity index (χ1n) is 18.7. The van der Waals surface area contributed by atoms with Gasteiger partial charge in [-0.1, -0.05) is 127 Å². The highest BCUT2D eigenvalue weighted by Gasteiger charge is 2.36. The number of aromatic nitrogens is 2. The Bertz CT molecular complexity index is 3340. The van der Waals surface area contributed by atoms with Crippen molar-refractivity contribution in [3.05, 3.63) is 204 Å². The molecule has 10 rings (SSSR count). The fourth-order valence-corrected chi connectivity index (χ4v) is 8.45. The summed E-state index contributed by atoms with van der Waals surface area (Å²) in [5, 5.41) is 3.90. The third-order valence-electron chi connectivity index (χ3n) is 11.0. The second-order valence-corrected chi connectivity index (χ2v) is 14.2. The first-order valence-corrected chi connectivity index (χ1v) is 18.7. The molecule has 2 aromatic heterocycles. The zero-order valence-electron chi connectivity index (χ0n) is 30.7. The van der Waals surface area contributed by atoms with Gasteiger partial charge in [0.2, 0.25) is 0 Å². The Morgan fingerprint density at radius 3 is 1.36 bits per heavy atom. The SMILES string of the molecule is [C-]#[N+]c1cc(-n2c3ccccc3c3cc(-c4ccccc4)ccc32)c(-n2c3ccccc3c3cc(-c4ccccc4)ccc32)cc1-c1c([N+]#[C-])cccc1C(F)(F)F. The topological polar surface area (TPSA) is 18.6 Å². The number of rotatable bonds is 5. The van der Waals surface area contributed by atoms with Gasteiger partial charge < -0.3 is 9.13 Å². The van der Waals surface area contributed by atoms with E-state index in [0.717, 1.165) is 71.9 Å². The van der Waals surface area contributed by atoms with Crippen LogP contribution in [-0.2, 0) is 6.18 Å². The van der Waals surface area contributed by atoms with E-state index in [0.29, 0.717) is 11.4 Å². The van der Waals surface area contributed by atoms with Crippen LogP contribution in [0, 0.1) is 13.1 Å². The summed E-state index contributed by atoms with van der Waals surface area (Å²) in [5.74, 6) is 0. The van der Waals surface area contributed by atoms with Crippen molar-refractivity contribution in [3.63, 3.8) is 0 Å². The van der Waals surface area contributed by atoms with Crippen LogP contribution in [0.2, 0.25) is 0 Å². The summed E-state index contributed by atoms with van der Waals surface area (Å²) in [6.45, 7) is 16.4. The maximum atomic E-state index is 14.9. The third kappa shape index (κ3) is 5.44. The number of nitrogens with zero attached hydrogens (tertiary/aromatic N) is 4. The molecule has 0 aliphatic carbocycles. The van der Waals surface area contributed by atoms with Crippen molar-refractivity contribution in [2.75, 3.05) is 0 Å². The summed E-state index contributed by atoms with van der Waals surface area (Å²) in [4.78, 5) is 7.43. The standard InChI is InChI=1S/C51H29F3N4/c1-55-42-21-13-20-41(51(52,53)54)50(42)40-30-48(57-44-22-11-9-18-36(44)38-28-34(24-26-46(38)57)32-14-5-3-6-15-32)49(31-43(40)56-2)58-45-23-12-10-19-37(45)39-29-35(25-27-47(39)58)33-16-7-4-8-17-33/h3-31H. The lowest BCUT2D eigenvalue weighted by molar-refractivity contribution is -0.137. The maximum Gasteiger partial charge on any atom is 0.415 e. The lowest BCUT2D eigenvalue weighted by Gasteiger charge is -2.21. The molecule has 0 bridgehead atoms. The van der Waals surface area contributed by atoms with Gasteiger partial charge in [0, 0.05) is 21.5 Å². The van der Waals surface area contributed by atoms with E-state index >= 15 is 0 Å². The lowest BCUT2D eigenvalue weighted by Crippen LogP contribution is -2.08. The van der Waals surface area contributed by atoms with Crippen LogP contribution in [0.5, 0.6) is 0 Å². The smallest absolute Gasteiger partial charge is 0.308 e. The van der Waals surface area contributed by atoms with Crippen LogP contribution >= 0.6 is 0 Å². The van der Waals surface area contributed by atoms with Crippen LogP contribution in [0.1, 0.15) is 5.56 Å². The first kappa shape index (κ1) is 34.6. The van der Waals surface area contributed by atoms with Crippen molar-refractivity contribution >= 4 is 55.0 Å². The Morgan fingerprint density at radius 1 is 0.397 bits per heavy atom. The molecule has 0 saturated carbocycles. The van der Waals surface area contributed by atoms with Gasteiger partial charge >= 0.3 is 6.18 Å². The number of fused-ring (bicyclic) bond motifs is 6. The summed E-state index contributed by atoms with van der Waals surface area (Å²) in [6.07, 6.45) is -4.78. The highest BCUT2D eigenvalue weighted by molar-refractivity contribution is 6.13. The molecule has 4 nitrogen and oxygen atoms in total. The minimum atomic E-state index is -4.78. The molecule has 10 aromatic rings. The summed E-state index contributed by atoms with van der Waals surface area (Å²) >= 11 is 0. The van der Waals surface area contributed by atoms with Crippen LogP contribution in [0.4, 0.5) is 24.5 Å². The molecule has 0 fully saturated rings. The van der Waals surface area contributed by atoms with E-state index in [-0.39, 0.29) is 22.5 Å². The van der Waals surface area contributed by atoms with Crippen molar-refractivity contribution in [1.82, 2.24) is 9.13 Å². The van der Waals surface area contributed by atoms with Gasteiger partial charge in [-0.05, 0) is 81.9 Å². The van der Waals surface area contributed by atoms with Crippen LogP contribution in [0.25, 0.3) is 98.1 Å². The molecule has 274 valence electrons. The monoisotopic (exact) mass is 754 g/mol. The zero-order valence-corrected chi connectivity index (χ0v) is 30.7. The predicted octanol–water partition coefficient (Wildman–Crippen LogP) is 15.0. The van der Waals surface area contributed by atoms with E-state index in [2.05, 4.69) is 91.6 Å². The van der Waals surface area contributed by atoms with Gasteiger partial charge in [-0.15, -0.1) is 0 Å². The molecule has 8 aromatic carbocycles. The Balaban J connectivity index is 1.36. The molecular formula is C51H29F3N4. The van der Waals surface area contributed by atoms with Crippen molar-refractivity contribution in [2.45, 2.75) is 6.18 Å². The van der Waals surface area contributed by atoms with Gasteiger partial charge in [0.15, 0.2) is 11.4 Å². The molecule has 58 heavy (non-hydrogen) atoms. The van der Waals surface area contributed by atoms with Gasteiger partial charge in [-0.3, -0.25) is 0 Å². The summed E-state index contributed by atoms with van der Waals surface area (Å²) in [7, 11) is 0. The van der Waals surface area contributed by atoms with Crippen molar-refractivity contribution in [1.29, 1.82) is 0 Å². The van der Waals surface area contributed by atoms with Gasteiger partial charge in [-0.25, -0.2) is 9.69 Å². The zero-order chi connectivity index (χ0) is 39.5. The molecule has 0 N–H and O–H groups in total. The van der Waals surface area contributed by atoms with Gasteiger partial charge in [0.25, 0.3) is 0 Å². The average Bonchev–Trinajstić information content (AvgIpc) is 3.78. The van der Waals surface area contributed by atoms with Crippen LogP contribution in [0.3, 0.4) is 0 Å². The Morgan fingerprint density at radius 2 is 0.862 bits per heavy atom. The number of hydrogen-bond acceptors (Lipinski definition) is 0. The number of halogens is 3. The largest absolute Gasteiger partial charge is 0.415 e. The Kier molecular flexibility index (Phi) is 8.00. The molecule has 0 aliphatic heterocycles. The molecule has 0 radical (unpaired) electrons. The van der Waals surface area contributed by atoms with E-state index in [4.69, 9.17) is 13.1 Å². The van der Waals surface area contributed by atoms with Crippen LogP contribution < -0.4 is 0 Å². The molecule has 0 aliphatic rings. The van der Waals surface area contributed by atoms with E-state index in [1.54, 1.807) is 12.1 Å². The quantitative estimate of drug-likeness (QED) is 0.156. The molecule has 0 unspecified atom stereocenters. The highest BCUT2D eigenvalue weighted by atomic mass is 19.4. The summed E-state index contributed by atoms with van der Waals surface area (Å²) < 4.78 is 48.8. The third-order valence-corrected chi connectivity index (χ3v) is 11.0. The van der Waals surface area contributed by atoms with Crippen LogP contribution in [0.15, 0.2) is 176 Å². The molecule has 0 saturated heterocycles. The molecular weight excluding hydrogens is 726 g/mol. The summed E-state index contributed by atoms with van der Waals surface area (Å²) in [6, 6.07) is 55.8. The normalized spacial score (nSPS) is 11.7. The van der Waals surface area contributed by atoms with Crippen molar-refractivity contribution < 1.29 is 13.2 Å². The average molecular weight is 755 g/mol. The molecule has 0 atom stereocenters. The molecule has 0 spiro atoms. The highest BCUT2D eigenvalue weighted by Crippen LogP contribution is 2.49. The summed E-state index contributed by atoms with van der Waals surface area (Å²) in [5.41, 5.74) is 7.35. The van der Waals surface area contributed by atoms with E-state index in [9.17, 15) is 13.2 Å². The Hall–Kier alpha value is -7.87. The number of para-hydroxylation sites is 2. The number of hydrogen-bond donors (Lipinski definition) is 0. The Labute approximate surface area is 331 Å². The molecule has 2 heterocycles. The molecule has 7 heteroatoms. The number of benzene rings is 8.